The van der Waals surface area contributed by atoms with Crippen molar-refractivity contribution in [1.29, 1.82) is 0 Å². The van der Waals surface area contributed by atoms with E-state index in [1.807, 2.05) is 0 Å². The van der Waals surface area contributed by atoms with E-state index >= 15 is 0 Å². The molecule has 0 heterocycles. The number of hydrogen-bond acceptors (Lipinski definition) is 3. The second-order valence-corrected chi connectivity index (χ2v) is 5.75. The van der Waals surface area contributed by atoms with Crippen molar-refractivity contribution in [3.63, 3.8) is 0 Å². The zero-order valence-corrected chi connectivity index (χ0v) is 10.4. The van der Waals surface area contributed by atoms with E-state index in [-0.39, 0.29) is 24.5 Å². The first kappa shape index (κ1) is 14.1. The highest BCUT2D eigenvalue weighted by Gasteiger charge is 2.10. The van der Waals surface area contributed by atoms with Crippen molar-refractivity contribution in [2.45, 2.75) is 19.4 Å². The van der Waals surface area contributed by atoms with E-state index in [1.54, 1.807) is 6.92 Å². The van der Waals surface area contributed by atoms with Crippen LogP contribution in [0.1, 0.15) is 25.0 Å². The number of hydrogen-bond donors (Lipinski definition) is 2. The summed E-state index contributed by atoms with van der Waals surface area (Å²) in [4.78, 5) is 0. The first-order chi connectivity index (χ1) is 7.94. The Balaban J connectivity index is 2.45. The van der Waals surface area contributed by atoms with Gasteiger partial charge in [0.1, 0.15) is 5.82 Å². The predicted molar refractivity (Wildman–Crippen MR) is 63.4 cm³/mol. The van der Waals surface area contributed by atoms with Crippen LogP contribution in [-0.4, -0.2) is 25.8 Å². The van der Waals surface area contributed by atoms with E-state index in [4.69, 9.17) is 0 Å². The highest BCUT2D eigenvalue weighted by Crippen LogP contribution is 2.16. The summed E-state index contributed by atoms with van der Waals surface area (Å²) in [5.74, 6) is -0.354. The Morgan fingerprint density at radius 2 is 1.94 bits per heavy atom. The molecule has 0 amide bonds. The number of aliphatic hydroxyl groups is 1. The number of sulfonamides is 1. The van der Waals surface area contributed by atoms with Crippen molar-refractivity contribution in [1.82, 2.24) is 4.72 Å². The molecule has 17 heavy (non-hydrogen) atoms. The Morgan fingerprint density at radius 3 is 2.47 bits per heavy atom. The molecule has 1 aromatic carbocycles. The Morgan fingerprint density at radius 1 is 1.35 bits per heavy atom. The molecular formula is C11H16FNO3S. The monoisotopic (exact) mass is 261 g/mol. The molecule has 0 aliphatic rings. The van der Waals surface area contributed by atoms with Crippen molar-refractivity contribution < 1.29 is 17.9 Å². The zero-order valence-electron chi connectivity index (χ0n) is 9.56. The summed E-state index contributed by atoms with van der Waals surface area (Å²) in [5.41, 5.74) is 0.571. The van der Waals surface area contributed by atoms with Crippen LogP contribution in [0.15, 0.2) is 24.3 Å². The molecule has 4 nitrogen and oxygen atoms in total. The highest BCUT2D eigenvalue weighted by atomic mass is 32.2. The van der Waals surface area contributed by atoms with E-state index in [2.05, 4.69) is 4.72 Å². The third-order valence-electron chi connectivity index (χ3n) is 2.37. The van der Waals surface area contributed by atoms with Crippen molar-refractivity contribution in [2.24, 2.45) is 0 Å². The highest BCUT2D eigenvalue weighted by molar-refractivity contribution is 7.89. The SMILES string of the molecule is CCS(=O)(=O)NCCC(O)c1ccc(F)cc1. The van der Waals surface area contributed by atoms with Gasteiger partial charge in [0, 0.05) is 6.54 Å². The lowest BCUT2D eigenvalue weighted by Gasteiger charge is -2.11. The molecule has 6 heteroatoms. The van der Waals surface area contributed by atoms with Gasteiger partial charge in [0.25, 0.3) is 0 Å². The molecule has 0 saturated heterocycles. The zero-order chi connectivity index (χ0) is 12.9. The first-order valence-corrected chi connectivity index (χ1v) is 7.00. The summed E-state index contributed by atoms with van der Waals surface area (Å²) in [6.45, 7) is 1.70. The molecule has 1 aromatic rings. The first-order valence-electron chi connectivity index (χ1n) is 5.35. The maximum atomic E-state index is 12.6. The fraction of sp³-hybridized carbons (Fsp3) is 0.455. The minimum absolute atomic E-state index is 0.0135. The maximum Gasteiger partial charge on any atom is 0.211 e. The largest absolute Gasteiger partial charge is 0.388 e. The Hall–Kier alpha value is -0.980. The molecule has 0 aromatic heterocycles. The standard InChI is InChI=1S/C11H16FNO3S/c1-2-17(15,16)13-8-7-11(14)9-3-5-10(12)6-4-9/h3-6,11,13-14H,2,7-8H2,1H3. The van der Waals surface area contributed by atoms with E-state index in [1.165, 1.54) is 24.3 Å². The second kappa shape index (κ2) is 6.09. The van der Waals surface area contributed by atoms with Gasteiger partial charge < -0.3 is 5.11 Å². The minimum Gasteiger partial charge on any atom is -0.388 e. The second-order valence-electron chi connectivity index (χ2n) is 3.65. The maximum absolute atomic E-state index is 12.6. The summed E-state index contributed by atoms with van der Waals surface area (Å²) < 4.78 is 37.2. The molecule has 0 saturated carbocycles. The minimum atomic E-state index is -3.23. The van der Waals surface area contributed by atoms with Crippen molar-refractivity contribution in [3.05, 3.63) is 35.6 Å². The molecule has 0 spiro atoms. The van der Waals surface area contributed by atoms with Gasteiger partial charge in [-0.3, -0.25) is 0 Å². The molecule has 96 valence electrons. The summed E-state index contributed by atoms with van der Waals surface area (Å²) in [7, 11) is -3.23. The lowest BCUT2D eigenvalue weighted by molar-refractivity contribution is 0.169. The fourth-order valence-corrected chi connectivity index (χ4v) is 1.94. The molecule has 0 radical (unpaired) electrons. The van der Waals surface area contributed by atoms with Gasteiger partial charge in [-0.15, -0.1) is 0 Å². The Labute approximate surface area is 101 Å². The van der Waals surface area contributed by atoms with Gasteiger partial charge in [0.05, 0.1) is 11.9 Å². The van der Waals surface area contributed by atoms with Gasteiger partial charge in [-0.25, -0.2) is 17.5 Å². The van der Waals surface area contributed by atoms with Crippen molar-refractivity contribution >= 4 is 10.0 Å². The van der Waals surface area contributed by atoms with Crippen LogP contribution in [-0.2, 0) is 10.0 Å². The number of nitrogens with one attached hydrogen (secondary N) is 1. The van der Waals surface area contributed by atoms with E-state index in [0.717, 1.165) is 0 Å². The van der Waals surface area contributed by atoms with Crippen LogP contribution >= 0.6 is 0 Å². The van der Waals surface area contributed by atoms with Crippen LogP contribution in [0.2, 0.25) is 0 Å². The van der Waals surface area contributed by atoms with E-state index in [9.17, 15) is 17.9 Å². The predicted octanol–water partition coefficient (Wildman–Crippen LogP) is 1.19. The van der Waals surface area contributed by atoms with Crippen LogP contribution in [0.4, 0.5) is 4.39 Å². The summed E-state index contributed by atoms with van der Waals surface area (Å²) in [5, 5.41) is 9.72. The summed E-state index contributed by atoms with van der Waals surface area (Å²) >= 11 is 0. The van der Waals surface area contributed by atoms with Crippen LogP contribution in [0.25, 0.3) is 0 Å². The number of aliphatic hydroxyl groups excluding tert-OH is 1. The molecule has 1 atom stereocenters. The summed E-state index contributed by atoms with van der Waals surface area (Å²) in [6, 6.07) is 5.48. The molecule has 1 unspecified atom stereocenters. The number of halogens is 1. The quantitative estimate of drug-likeness (QED) is 0.808. The topological polar surface area (TPSA) is 66.4 Å². The Bertz CT molecular complexity index is 444. The average molecular weight is 261 g/mol. The smallest absolute Gasteiger partial charge is 0.211 e. The molecule has 2 N–H and O–H groups in total. The molecule has 0 bridgehead atoms. The van der Waals surface area contributed by atoms with Crippen LogP contribution in [0.3, 0.4) is 0 Å². The normalized spacial score (nSPS) is 13.6. The van der Waals surface area contributed by atoms with Crippen molar-refractivity contribution in [3.8, 4) is 0 Å². The summed E-state index contributed by atoms with van der Waals surface area (Å²) in [6.07, 6.45) is -0.541. The van der Waals surface area contributed by atoms with Gasteiger partial charge in [0.2, 0.25) is 10.0 Å². The lowest BCUT2D eigenvalue weighted by atomic mass is 10.1. The molecule has 0 aliphatic carbocycles. The number of rotatable bonds is 6. The van der Waals surface area contributed by atoms with Crippen LogP contribution in [0.5, 0.6) is 0 Å². The van der Waals surface area contributed by atoms with Gasteiger partial charge in [-0.05, 0) is 31.0 Å². The van der Waals surface area contributed by atoms with Crippen LogP contribution < -0.4 is 4.72 Å². The fourth-order valence-electron chi connectivity index (χ4n) is 1.30. The lowest BCUT2D eigenvalue weighted by Crippen LogP contribution is -2.27. The van der Waals surface area contributed by atoms with Gasteiger partial charge in [0.15, 0.2) is 0 Å². The molecule has 1 rings (SSSR count). The molecule has 0 aliphatic heterocycles. The third kappa shape index (κ3) is 4.80. The van der Waals surface area contributed by atoms with Gasteiger partial charge in [-0.2, -0.15) is 0 Å². The number of benzene rings is 1. The Kier molecular flexibility index (Phi) is 5.04. The van der Waals surface area contributed by atoms with Gasteiger partial charge >= 0.3 is 0 Å². The molecular weight excluding hydrogens is 245 g/mol. The molecule has 0 fully saturated rings. The van der Waals surface area contributed by atoms with E-state index in [0.29, 0.717) is 5.56 Å². The average Bonchev–Trinajstić information content (AvgIpc) is 2.29. The third-order valence-corrected chi connectivity index (χ3v) is 3.78. The van der Waals surface area contributed by atoms with Gasteiger partial charge in [-0.1, -0.05) is 12.1 Å². The van der Waals surface area contributed by atoms with Crippen molar-refractivity contribution in [2.75, 3.05) is 12.3 Å². The van der Waals surface area contributed by atoms with Crippen LogP contribution in [0, 0.1) is 5.82 Å². The van der Waals surface area contributed by atoms with E-state index < -0.39 is 16.1 Å².